The highest BCUT2D eigenvalue weighted by molar-refractivity contribution is 6.09. The van der Waals surface area contributed by atoms with Gasteiger partial charge in [0.1, 0.15) is 5.82 Å². The lowest BCUT2D eigenvalue weighted by Gasteiger charge is -2.08. The number of aromatic amines is 1. The highest BCUT2D eigenvalue weighted by Crippen LogP contribution is 2.22. The molecule has 0 saturated carbocycles. The van der Waals surface area contributed by atoms with Gasteiger partial charge in [-0.05, 0) is 30.3 Å². The van der Waals surface area contributed by atoms with Crippen LogP contribution in [0.5, 0.6) is 0 Å². The molecule has 2 aromatic heterocycles. The normalized spacial score (nSPS) is 11.0. The molecule has 0 fully saturated rings. The lowest BCUT2D eigenvalue weighted by atomic mass is 10.1. The van der Waals surface area contributed by atoms with Crippen LogP contribution in [0, 0.1) is 0 Å². The van der Waals surface area contributed by atoms with Crippen LogP contribution < -0.4 is 5.32 Å². The smallest absolute Gasteiger partial charge is 0.255 e. The topological polar surface area (TPSA) is 70.7 Å². The second-order valence-electron chi connectivity index (χ2n) is 5.60. The molecule has 0 aliphatic heterocycles. The molecule has 118 valence electrons. The second kappa shape index (κ2) is 5.77. The van der Waals surface area contributed by atoms with Gasteiger partial charge in [-0.15, -0.1) is 0 Å². The van der Waals surface area contributed by atoms with Gasteiger partial charge in [0, 0.05) is 23.6 Å². The molecule has 5 nitrogen and oxygen atoms in total. The van der Waals surface area contributed by atoms with Crippen LogP contribution in [0.1, 0.15) is 23.1 Å². The number of amides is 1. The van der Waals surface area contributed by atoms with Crippen LogP contribution in [0.3, 0.4) is 0 Å². The number of carbonyl (C=O) groups excluding carboxylic acids is 1. The number of benzene rings is 2. The molecule has 2 heterocycles. The van der Waals surface area contributed by atoms with Crippen molar-refractivity contribution in [3.8, 4) is 0 Å². The van der Waals surface area contributed by atoms with E-state index in [-0.39, 0.29) is 5.91 Å². The van der Waals surface area contributed by atoms with E-state index >= 15 is 0 Å². The highest BCUT2D eigenvalue weighted by atomic mass is 16.1. The molecule has 2 aromatic carbocycles. The number of pyridine rings is 1. The predicted molar refractivity (Wildman–Crippen MR) is 95.2 cm³/mol. The fourth-order valence-electron chi connectivity index (χ4n) is 2.77. The Balaban J connectivity index is 1.68. The molecule has 0 bridgehead atoms. The summed E-state index contributed by atoms with van der Waals surface area (Å²) in [6.07, 6.45) is 2.55. The van der Waals surface area contributed by atoms with E-state index in [4.69, 9.17) is 0 Å². The number of nitrogens with zero attached hydrogens (tertiary/aromatic N) is 2. The minimum absolute atomic E-state index is 0.164. The molecular formula is C19H16N4O. The lowest BCUT2D eigenvalue weighted by Crippen LogP contribution is -2.12. The van der Waals surface area contributed by atoms with Gasteiger partial charge >= 0.3 is 0 Å². The monoisotopic (exact) mass is 316 g/mol. The summed E-state index contributed by atoms with van der Waals surface area (Å²) in [7, 11) is 0. The average Bonchev–Trinajstić information content (AvgIpc) is 3.04. The first-order valence-electron chi connectivity index (χ1n) is 7.88. The Morgan fingerprint density at radius 2 is 2.04 bits per heavy atom. The fourth-order valence-corrected chi connectivity index (χ4v) is 2.77. The molecule has 0 unspecified atom stereocenters. The number of rotatable bonds is 3. The lowest BCUT2D eigenvalue weighted by molar-refractivity contribution is 0.102. The number of H-pyrrole nitrogens is 1. The summed E-state index contributed by atoms with van der Waals surface area (Å²) in [6, 6.07) is 15.1. The Labute approximate surface area is 138 Å². The molecule has 0 aliphatic carbocycles. The number of hydrogen-bond donors (Lipinski definition) is 2. The van der Waals surface area contributed by atoms with Gasteiger partial charge in [0.2, 0.25) is 0 Å². The van der Waals surface area contributed by atoms with E-state index in [0.717, 1.165) is 34.2 Å². The number of imidazole rings is 1. The third-order valence-electron chi connectivity index (χ3n) is 4.01. The van der Waals surface area contributed by atoms with Crippen molar-refractivity contribution in [2.24, 2.45) is 0 Å². The van der Waals surface area contributed by atoms with Gasteiger partial charge in [-0.25, -0.2) is 4.98 Å². The van der Waals surface area contributed by atoms with Gasteiger partial charge in [-0.1, -0.05) is 25.1 Å². The maximum atomic E-state index is 12.6. The van der Waals surface area contributed by atoms with Gasteiger partial charge in [-0.3, -0.25) is 9.78 Å². The molecule has 0 atom stereocenters. The van der Waals surface area contributed by atoms with E-state index in [9.17, 15) is 4.79 Å². The molecule has 0 radical (unpaired) electrons. The summed E-state index contributed by atoms with van der Waals surface area (Å²) in [5, 5.41) is 3.94. The van der Waals surface area contributed by atoms with Crippen LogP contribution in [0.4, 0.5) is 5.69 Å². The molecule has 4 aromatic rings. The molecule has 4 rings (SSSR count). The Kier molecular flexibility index (Phi) is 3.46. The zero-order valence-corrected chi connectivity index (χ0v) is 13.2. The van der Waals surface area contributed by atoms with E-state index in [0.29, 0.717) is 11.3 Å². The standard InChI is InChI=1S/C19H16N4O/c1-2-17-21-14-9-8-13(11-16(14)22-17)19(24)23-15-7-3-5-12-6-4-10-20-18(12)15/h3-11H,2H2,1H3,(H,21,22)(H,23,24). The van der Waals surface area contributed by atoms with Gasteiger partial charge in [-0.2, -0.15) is 0 Å². The summed E-state index contributed by atoms with van der Waals surface area (Å²) >= 11 is 0. The number of fused-ring (bicyclic) bond motifs is 2. The first kappa shape index (κ1) is 14.4. The van der Waals surface area contributed by atoms with Gasteiger partial charge in [0.15, 0.2) is 0 Å². The Hall–Kier alpha value is -3.21. The number of aryl methyl sites for hydroxylation is 1. The SMILES string of the molecule is CCc1nc2ccc(C(=O)Nc3cccc4cccnc34)cc2[nH]1. The molecule has 0 saturated heterocycles. The number of carbonyl (C=O) groups is 1. The third kappa shape index (κ3) is 2.50. The van der Waals surface area contributed by atoms with Crippen LogP contribution in [-0.2, 0) is 6.42 Å². The van der Waals surface area contributed by atoms with Crippen molar-refractivity contribution in [1.82, 2.24) is 15.0 Å². The summed E-state index contributed by atoms with van der Waals surface area (Å²) in [4.78, 5) is 24.7. The first-order chi connectivity index (χ1) is 11.7. The van der Waals surface area contributed by atoms with E-state index in [1.807, 2.05) is 49.4 Å². The summed E-state index contributed by atoms with van der Waals surface area (Å²) in [6.45, 7) is 2.04. The van der Waals surface area contributed by atoms with Crippen molar-refractivity contribution in [1.29, 1.82) is 0 Å². The van der Waals surface area contributed by atoms with Gasteiger partial charge < -0.3 is 10.3 Å². The van der Waals surface area contributed by atoms with Crippen molar-refractivity contribution in [2.45, 2.75) is 13.3 Å². The zero-order valence-electron chi connectivity index (χ0n) is 13.2. The third-order valence-corrected chi connectivity index (χ3v) is 4.01. The van der Waals surface area contributed by atoms with E-state index in [2.05, 4.69) is 20.3 Å². The van der Waals surface area contributed by atoms with Crippen molar-refractivity contribution < 1.29 is 4.79 Å². The molecule has 1 amide bonds. The summed E-state index contributed by atoms with van der Waals surface area (Å²) < 4.78 is 0. The van der Waals surface area contributed by atoms with Crippen LogP contribution in [-0.4, -0.2) is 20.9 Å². The quantitative estimate of drug-likeness (QED) is 0.601. The first-order valence-corrected chi connectivity index (χ1v) is 7.88. The number of aromatic nitrogens is 3. The predicted octanol–water partition coefficient (Wildman–Crippen LogP) is 3.93. The molecule has 2 N–H and O–H groups in total. The molecule has 24 heavy (non-hydrogen) atoms. The van der Waals surface area contributed by atoms with Crippen LogP contribution in [0.2, 0.25) is 0 Å². The van der Waals surface area contributed by atoms with Crippen LogP contribution in [0.25, 0.3) is 21.9 Å². The van der Waals surface area contributed by atoms with Crippen molar-refractivity contribution >= 4 is 33.5 Å². The maximum absolute atomic E-state index is 12.6. The maximum Gasteiger partial charge on any atom is 0.255 e. The number of nitrogens with one attached hydrogen (secondary N) is 2. The summed E-state index contributed by atoms with van der Waals surface area (Å²) in [5.41, 5.74) is 3.81. The molecule has 0 aliphatic rings. The Morgan fingerprint density at radius 1 is 1.17 bits per heavy atom. The number of para-hydroxylation sites is 1. The number of hydrogen-bond acceptors (Lipinski definition) is 3. The van der Waals surface area contributed by atoms with Crippen LogP contribution >= 0.6 is 0 Å². The van der Waals surface area contributed by atoms with E-state index in [1.165, 1.54) is 0 Å². The van der Waals surface area contributed by atoms with Gasteiger partial charge in [0.25, 0.3) is 5.91 Å². The summed E-state index contributed by atoms with van der Waals surface area (Å²) in [5.74, 6) is 0.753. The molecule has 0 spiro atoms. The van der Waals surface area contributed by atoms with Crippen molar-refractivity contribution in [2.75, 3.05) is 5.32 Å². The van der Waals surface area contributed by atoms with Crippen LogP contribution in [0.15, 0.2) is 54.7 Å². The van der Waals surface area contributed by atoms with E-state index < -0.39 is 0 Å². The van der Waals surface area contributed by atoms with Crippen molar-refractivity contribution in [3.05, 3.63) is 66.1 Å². The largest absolute Gasteiger partial charge is 0.342 e. The van der Waals surface area contributed by atoms with Crippen molar-refractivity contribution in [3.63, 3.8) is 0 Å². The number of anilines is 1. The highest BCUT2D eigenvalue weighted by Gasteiger charge is 2.11. The second-order valence-corrected chi connectivity index (χ2v) is 5.60. The Morgan fingerprint density at radius 3 is 2.92 bits per heavy atom. The molecule has 5 heteroatoms. The zero-order chi connectivity index (χ0) is 16.5. The van der Waals surface area contributed by atoms with Gasteiger partial charge in [0.05, 0.1) is 22.2 Å². The van der Waals surface area contributed by atoms with E-state index in [1.54, 1.807) is 12.3 Å². The Bertz CT molecular complexity index is 1050. The minimum Gasteiger partial charge on any atom is -0.342 e. The fraction of sp³-hybridized carbons (Fsp3) is 0.105. The minimum atomic E-state index is -0.164. The average molecular weight is 316 g/mol. The molecular weight excluding hydrogens is 300 g/mol.